The molecule has 2 aromatic rings. The van der Waals surface area contributed by atoms with Gasteiger partial charge < -0.3 is 9.47 Å². The van der Waals surface area contributed by atoms with Gasteiger partial charge in [0.25, 0.3) is 0 Å². The lowest BCUT2D eigenvalue weighted by atomic mass is 10.2. The molecule has 1 atom stereocenters. The Bertz CT molecular complexity index is 630. The monoisotopic (exact) mass is 307 g/mol. The number of hydrogen-bond acceptors (Lipinski definition) is 4. The maximum atomic E-state index is 11.9. The number of fused-ring (bicyclic) bond motifs is 1. The zero-order chi connectivity index (χ0) is 15.2. The number of esters is 1. The molecule has 5 heteroatoms. The molecule has 1 aromatic heterocycles. The maximum Gasteiger partial charge on any atom is 0.347 e. The van der Waals surface area contributed by atoms with Gasteiger partial charge in [-0.15, -0.1) is 0 Å². The fourth-order valence-electron chi connectivity index (χ4n) is 2.08. The Hall–Kier alpha value is -1.81. The van der Waals surface area contributed by atoms with Crippen LogP contribution in [-0.2, 0) is 9.53 Å². The number of carbonyl (C=O) groups is 1. The highest BCUT2D eigenvalue weighted by molar-refractivity contribution is 6.35. The molecule has 0 N–H and O–H groups in total. The number of nitrogens with zero attached hydrogens (tertiary/aromatic N) is 1. The quantitative estimate of drug-likeness (QED) is 0.757. The van der Waals surface area contributed by atoms with E-state index in [4.69, 9.17) is 21.1 Å². The third kappa shape index (κ3) is 3.64. The Balaban J connectivity index is 2.32. The van der Waals surface area contributed by atoms with Gasteiger partial charge in [-0.1, -0.05) is 24.9 Å². The van der Waals surface area contributed by atoms with Crippen LogP contribution < -0.4 is 4.74 Å². The van der Waals surface area contributed by atoms with Crippen molar-refractivity contribution in [2.75, 3.05) is 6.61 Å². The van der Waals surface area contributed by atoms with Crippen molar-refractivity contribution in [1.29, 1.82) is 0 Å². The van der Waals surface area contributed by atoms with Crippen LogP contribution in [0.3, 0.4) is 0 Å². The first-order chi connectivity index (χ1) is 10.2. The van der Waals surface area contributed by atoms with Gasteiger partial charge in [0.1, 0.15) is 11.3 Å². The van der Waals surface area contributed by atoms with E-state index < -0.39 is 6.10 Å². The first-order valence-electron chi connectivity index (χ1n) is 7.03. The molecule has 1 unspecified atom stereocenters. The number of ether oxygens (including phenoxy) is 2. The second-order valence-corrected chi connectivity index (χ2v) is 5.00. The van der Waals surface area contributed by atoms with Crippen LogP contribution in [0.1, 0.15) is 26.7 Å². The molecule has 0 aliphatic carbocycles. The standard InChI is InChI=1S/C16H18ClNO3/c1-3-6-14(16(19)20-4-2)21-13-9-8-12(17)11-7-5-10-18-15(11)13/h5,7-10,14H,3-4,6H2,1-2H3. The SMILES string of the molecule is CCCC(Oc1ccc(Cl)c2cccnc12)C(=O)OCC. The highest BCUT2D eigenvalue weighted by atomic mass is 35.5. The van der Waals surface area contributed by atoms with E-state index in [0.29, 0.717) is 29.3 Å². The summed E-state index contributed by atoms with van der Waals surface area (Å²) in [6.45, 7) is 4.11. The third-order valence-electron chi connectivity index (χ3n) is 3.05. The molecule has 0 aliphatic rings. The smallest absolute Gasteiger partial charge is 0.347 e. The molecule has 0 bridgehead atoms. The van der Waals surface area contributed by atoms with Crippen LogP contribution in [-0.4, -0.2) is 23.7 Å². The van der Waals surface area contributed by atoms with E-state index in [0.717, 1.165) is 11.8 Å². The average Bonchev–Trinajstić information content (AvgIpc) is 2.50. The first kappa shape index (κ1) is 15.6. The minimum absolute atomic E-state index is 0.335. The van der Waals surface area contributed by atoms with E-state index in [2.05, 4.69) is 4.98 Å². The van der Waals surface area contributed by atoms with E-state index in [9.17, 15) is 4.79 Å². The zero-order valence-electron chi connectivity index (χ0n) is 12.1. The summed E-state index contributed by atoms with van der Waals surface area (Å²) >= 11 is 6.15. The molecule has 4 nitrogen and oxygen atoms in total. The summed E-state index contributed by atoms with van der Waals surface area (Å²) in [4.78, 5) is 16.2. The highest BCUT2D eigenvalue weighted by Gasteiger charge is 2.22. The fraction of sp³-hybridized carbons (Fsp3) is 0.375. The van der Waals surface area contributed by atoms with Crippen molar-refractivity contribution in [3.05, 3.63) is 35.5 Å². The van der Waals surface area contributed by atoms with E-state index in [-0.39, 0.29) is 5.97 Å². The van der Waals surface area contributed by atoms with Crippen molar-refractivity contribution in [2.45, 2.75) is 32.8 Å². The van der Waals surface area contributed by atoms with Gasteiger partial charge in [0.15, 0.2) is 6.10 Å². The molecule has 1 aromatic carbocycles. The van der Waals surface area contributed by atoms with E-state index in [1.54, 1.807) is 25.3 Å². The Morgan fingerprint density at radius 1 is 1.33 bits per heavy atom. The van der Waals surface area contributed by atoms with Crippen LogP contribution in [0.4, 0.5) is 0 Å². The number of halogens is 1. The van der Waals surface area contributed by atoms with Gasteiger partial charge in [0.2, 0.25) is 0 Å². The molecule has 0 spiro atoms. The van der Waals surface area contributed by atoms with Crippen molar-refractivity contribution in [2.24, 2.45) is 0 Å². The minimum Gasteiger partial charge on any atom is -0.476 e. The van der Waals surface area contributed by atoms with Crippen LogP contribution in [0.15, 0.2) is 30.5 Å². The molecule has 0 amide bonds. The van der Waals surface area contributed by atoms with Crippen LogP contribution in [0.25, 0.3) is 10.9 Å². The van der Waals surface area contributed by atoms with Gasteiger partial charge in [0, 0.05) is 11.6 Å². The summed E-state index contributed by atoms with van der Waals surface area (Å²) in [5, 5.41) is 1.41. The van der Waals surface area contributed by atoms with Crippen molar-refractivity contribution in [1.82, 2.24) is 4.98 Å². The van der Waals surface area contributed by atoms with Crippen molar-refractivity contribution in [3.63, 3.8) is 0 Å². The molecule has 0 saturated carbocycles. The molecule has 112 valence electrons. The predicted molar refractivity (Wildman–Crippen MR) is 82.7 cm³/mol. The Morgan fingerprint density at radius 3 is 2.86 bits per heavy atom. The van der Waals surface area contributed by atoms with Gasteiger partial charge in [0.05, 0.1) is 11.6 Å². The molecule has 2 rings (SSSR count). The Labute approximate surface area is 129 Å². The van der Waals surface area contributed by atoms with Crippen LogP contribution in [0.5, 0.6) is 5.75 Å². The van der Waals surface area contributed by atoms with Gasteiger partial charge in [-0.3, -0.25) is 4.98 Å². The summed E-state index contributed by atoms with van der Waals surface area (Å²) in [6.07, 6.45) is 2.46. The Morgan fingerprint density at radius 2 is 2.14 bits per heavy atom. The molecule has 21 heavy (non-hydrogen) atoms. The normalized spacial score (nSPS) is 12.1. The Kier molecular flexibility index (Phi) is 5.39. The van der Waals surface area contributed by atoms with Gasteiger partial charge in [-0.05, 0) is 37.6 Å². The van der Waals surface area contributed by atoms with Crippen molar-refractivity contribution in [3.8, 4) is 5.75 Å². The summed E-state index contributed by atoms with van der Waals surface area (Å²) in [5.74, 6) is 0.194. The number of carbonyl (C=O) groups excluding carboxylic acids is 1. The topological polar surface area (TPSA) is 48.4 Å². The van der Waals surface area contributed by atoms with Gasteiger partial charge >= 0.3 is 5.97 Å². The van der Waals surface area contributed by atoms with Crippen LogP contribution >= 0.6 is 11.6 Å². The van der Waals surface area contributed by atoms with Gasteiger partial charge in [-0.25, -0.2) is 4.79 Å². The molecule has 0 fully saturated rings. The second kappa shape index (κ2) is 7.27. The molecule has 0 radical (unpaired) electrons. The fourth-order valence-corrected chi connectivity index (χ4v) is 2.30. The van der Waals surface area contributed by atoms with E-state index in [1.165, 1.54) is 0 Å². The number of aromatic nitrogens is 1. The molecule has 1 heterocycles. The van der Waals surface area contributed by atoms with E-state index in [1.807, 2.05) is 19.1 Å². The lowest BCUT2D eigenvalue weighted by Gasteiger charge is -2.18. The van der Waals surface area contributed by atoms with E-state index >= 15 is 0 Å². The second-order valence-electron chi connectivity index (χ2n) is 4.59. The molecular weight excluding hydrogens is 290 g/mol. The van der Waals surface area contributed by atoms with Crippen molar-refractivity contribution < 1.29 is 14.3 Å². The largest absolute Gasteiger partial charge is 0.476 e. The minimum atomic E-state index is -0.624. The molecule has 0 saturated heterocycles. The zero-order valence-corrected chi connectivity index (χ0v) is 12.9. The average molecular weight is 308 g/mol. The summed E-state index contributed by atoms with van der Waals surface area (Å²) in [5.41, 5.74) is 0.649. The lowest BCUT2D eigenvalue weighted by molar-refractivity contribution is -0.151. The number of benzene rings is 1. The predicted octanol–water partition coefficient (Wildman–Crippen LogP) is 4.00. The first-order valence-corrected chi connectivity index (χ1v) is 7.41. The van der Waals surface area contributed by atoms with Crippen LogP contribution in [0, 0.1) is 0 Å². The highest BCUT2D eigenvalue weighted by Crippen LogP contribution is 2.30. The maximum absolute atomic E-state index is 11.9. The summed E-state index contributed by atoms with van der Waals surface area (Å²) in [6, 6.07) is 7.16. The summed E-state index contributed by atoms with van der Waals surface area (Å²) < 4.78 is 10.9. The van der Waals surface area contributed by atoms with Gasteiger partial charge in [-0.2, -0.15) is 0 Å². The molecular formula is C16H18ClNO3. The lowest BCUT2D eigenvalue weighted by Crippen LogP contribution is -2.29. The number of hydrogen-bond donors (Lipinski definition) is 0. The third-order valence-corrected chi connectivity index (χ3v) is 3.38. The van der Waals surface area contributed by atoms with Crippen LogP contribution in [0.2, 0.25) is 5.02 Å². The number of pyridine rings is 1. The van der Waals surface area contributed by atoms with Crippen molar-refractivity contribution >= 4 is 28.5 Å². The molecule has 0 aliphatic heterocycles. The number of rotatable bonds is 6. The summed E-state index contributed by atoms with van der Waals surface area (Å²) in [7, 11) is 0.